The van der Waals surface area contributed by atoms with Crippen molar-refractivity contribution in [3.05, 3.63) is 86.8 Å². The van der Waals surface area contributed by atoms with Gasteiger partial charge in [-0.25, -0.2) is 5.43 Å². The first-order valence-corrected chi connectivity index (χ1v) is 9.69. The SMILES string of the molecule is Cc1ccc(C(=O)N/N=C\c2cc(N=Nc3cccc(Br)c3)ccc2O)c(Cl)c1. The summed E-state index contributed by atoms with van der Waals surface area (Å²) in [5.41, 5.74) is 5.25. The summed E-state index contributed by atoms with van der Waals surface area (Å²) in [6, 6.07) is 17.2. The zero-order valence-electron chi connectivity index (χ0n) is 15.3. The molecule has 0 saturated heterocycles. The van der Waals surface area contributed by atoms with Gasteiger partial charge in [-0.3, -0.25) is 4.79 Å². The minimum absolute atomic E-state index is 0.00206. The second-order valence-electron chi connectivity index (χ2n) is 6.11. The van der Waals surface area contributed by atoms with Gasteiger partial charge in [0.25, 0.3) is 5.91 Å². The van der Waals surface area contributed by atoms with Crippen molar-refractivity contribution in [2.24, 2.45) is 15.3 Å². The Kier molecular flexibility index (Phi) is 6.74. The molecule has 0 aliphatic rings. The van der Waals surface area contributed by atoms with E-state index in [-0.39, 0.29) is 5.75 Å². The van der Waals surface area contributed by atoms with Crippen LogP contribution in [0.15, 0.2) is 80.5 Å². The van der Waals surface area contributed by atoms with Gasteiger partial charge in [-0.05, 0) is 61.0 Å². The highest BCUT2D eigenvalue weighted by molar-refractivity contribution is 9.10. The lowest BCUT2D eigenvalue weighted by Gasteiger charge is -2.04. The van der Waals surface area contributed by atoms with E-state index in [1.807, 2.05) is 31.2 Å². The summed E-state index contributed by atoms with van der Waals surface area (Å²) in [4.78, 5) is 12.2. The van der Waals surface area contributed by atoms with Crippen LogP contribution in [0.4, 0.5) is 11.4 Å². The molecule has 0 unspecified atom stereocenters. The third kappa shape index (κ3) is 5.73. The van der Waals surface area contributed by atoms with Crippen LogP contribution in [0, 0.1) is 6.92 Å². The summed E-state index contributed by atoms with van der Waals surface area (Å²) in [6.07, 6.45) is 1.33. The van der Waals surface area contributed by atoms with Gasteiger partial charge < -0.3 is 5.11 Å². The van der Waals surface area contributed by atoms with Crippen molar-refractivity contribution in [2.45, 2.75) is 6.92 Å². The van der Waals surface area contributed by atoms with Gasteiger partial charge >= 0.3 is 0 Å². The van der Waals surface area contributed by atoms with E-state index in [9.17, 15) is 9.90 Å². The van der Waals surface area contributed by atoms with Crippen LogP contribution in [0.25, 0.3) is 0 Å². The number of amides is 1. The van der Waals surface area contributed by atoms with Gasteiger partial charge in [-0.1, -0.05) is 39.7 Å². The van der Waals surface area contributed by atoms with Gasteiger partial charge in [0.15, 0.2) is 0 Å². The molecular formula is C21H16BrClN4O2. The Bertz CT molecular complexity index is 1120. The molecule has 0 saturated carbocycles. The fraction of sp³-hybridized carbons (Fsp3) is 0.0476. The Morgan fingerprint density at radius 1 is 1.07 bits per heavy atom. The van der Waals surface area contributed by atoms with Crippen molar-refractivity contribution in [1.29, 1.82) is 0 Å². The number of halogens is 2. The molecule has 3 aromatic rings. The van der Waals surface area contributed by atoms with E-state index in [1.165, 1.54) is 12.3 Å². The normalized spacial score (nSPS) is 11.3. The number of azo groups is 1. The lowest BCUT2D eigenvalue weighted by molar-refractivity contribution is 0.0955. The molecule has 6 nitrogen and oxygen atoms in total. The number of nitrogens with one attached hydrogen (secondary N) is 1. The highest BCUT2D eigenvalue weighted by atomic mass is 79.9. The fourth-order valence-electron chi connectivity index (χ4n) is 2.39. The quantitative estimate of drug-likeness (QED) is 0.260. The summed E-state index contributed by atoms with van der Waals surface area (Å²) in [5, 5.41) is 22.6. The minimum Gasteiger partial charge on any atom is -0.507 e. The van der Waals surface area contributed by atoms with Gasteiger partial charge in [0, 0.05) is 10.0 Å². The molecule has 8 heteroatoms. The molecule has 3 aromatic carbocycles. The molecule has 0 spiro atoms. The van der Waals surface area contributed by atoms with E-state index in [4.69, 9.17) is 11.6 Å². The van der Waals surface area contributed by atoms with Crippen LogP contribution in [0.2, 0.25) is 5.02 Å². The van der Waals surface area contributed by atoms with E-state index in [0.29, 0.717) is 27.5 Å². The standard InChI is InChI=1S/C21H16BrClN4O2/c1-13-5-7-18(19(23)9-13)21(29)27-24-12-14-10-17(6-8-20(14)28)26-25-16-4-2-3-15(22)11-16/h2-12,28H,1H3,(H,27,29)/b24-12-,26-25?. The van der Waals surface area contributed by atoms with E-state index >= 15 is 0 Å². The predicted molar refractivity (Wildman–Crippen MR) is 118 cm³/mol. The number of carbonyl (C=O) groups excluding carboxylic acids is 1. The zero-order chi connectivity index (χ0) is 20.8. The van der Waals surface area contributed by atoms with Gasteiger partial charge in [-0.2, -0.15) is 15.3 Å². The summed E-state index contributed by atoms with van der Waals surface area (Å²) in [7, 11) is 0. The number of hydrazone groups is 1. The number of aryl methyl sites for hydroxylation is 1. The van der Waals surface area contributed by atoms with E-state index in [0.717, 1.165) is 10.0 Å². The maximum Gasteiger partial charge on any atom is 0.272 e. The topological polar surface area (TPSA) is 86.4 Å². The van der Waals surface area contributed by atoms with Crippen LogP contribution < -0.4 is 5.43 Å². The number of hydrogen-bond acceptors (Lipinski definition) is 5. The first-order chi connectivity index (χ1) is 13.9. The lowest BCUT2D eigenvalue weighted by Crippen LogP contribution is -2.18. The van der Waals surface area contributed by atoms with Crippen molar-refractivity contribution in [1.82, 2.24) is 5.43 Å². The van der Waals surface area contributed by atoms with Crippen molar-refractivity contribution in [3.63, 3.8) is 0 Å². The maximum atomic E-state index is 12.2. The summed E-state index contributed by atoms with van der Waals surface area (Å²) < 4.78 is 0.900. The third-order valence-electron chi connectivity index (χ3n) is 3.84. The molecule has 29 heavy (non-hydrogen) atoms. The second-order valence-corrected chi connectivity index (χ2v) is 7.43. The molecule has 146 valence electrons. The van der Waals surface area contributed by atoms with E-state index in [2.05, 4.69) is 36.7 Å². The molecule has 0 heterocycles. The van der Waals surface area contributed by atoms with Gasteiger partial charge in [0.2, 0.25) is 0 Å². The molecule has 0 aliphatic carbocycles. The Balaban J connectivity index is 1.72. The lowest BCUT2D eigenvalue weighted by atomic mass is 10.1. The number of hydrogen-bond donors (Lipinski definition) is 2. The maximum absolute atomic E-state index is 12.2. The largest absolute Gasteiger partial charge is 0.507 e. The van der Waals surface area contributed by atoms with Gasteiger partial charge in [0.05, 0.1) is 28.2 Å². The molecule has 0 bridgehead atoms. The minimum atomic E-state index is -0.448. The average molecular weight is 472 g/mol. The molecule has 1 amide bonds. The fourth-order valence-corrected chi connectivity index (χ4v) is 3.09. The Labute approximate surface area is 181 Å². The Morgan fingerprint density at radius 3 is 2.55 bits per heavy atom. The number of phenolic OH excluding ortho intramolecular Hbond substituents is 1. The molecule has 3 rings (SSSR count). The van der Waals surface area contributed by atoms with Crippen LogP contribution in [0.1, 0.15) is 21.5 Å². The van der Waals surface area contributed by atoms with E-state index in [1.54, 1.807) is 30.3 Å². The predicted octanol–water partition coefficient (Wildman–Crippen LogP) is 6.30. The molecule has 0 aliphatic heterocycles. The van der Waals surface area contributed by atoms with Crippen LogP contribution in [-0.2, 0) is 0 Å². The molecule has 0 radical (unpaired) electrons. The molecule has 0 aromatic heterocycles. The average Bonchev–Trinajstić information content (AvgIpc) is 2.68. The van der Waals surface area contributed by atoms with Crippen molar-refractivity contribution in [3.8, 4) is 5.75 Å². The number of benzene rings is 3. The number of aromatic hydroxyl groups is 1. The highest BCUT2D eigenvalue weighted by Crippen LogP contribution is 2.25. The molecule has 0 fully saturated rings. The summed E-state index contributed by atoms with van der Waals surface area (Å²) in [6.45, 7) is 1.88. The van der Waals surface area contributed by atoms with Crippen molar-refractivity contribution >= 4 is 51.0 Å². The zero-order valence-corrected chi connectivity index (χ0v) is 17.6. The summed E-state index contributed by atoms with van der Waals surface area (Å²) >= 11 is 9.46. The highest BCUT2D eigenvalue weighted by Gasteiger charge is 2.09. The molecular weight excluding hydrogens is 456 g/mol. The number of rotatable bonds is 5. The molecule has 0 atom stereocenters. The first-order valence-electron chi connectivity index (χ1n) is 8.52. The van der Waals surface area contributed by atoms with Crippen molar-refractivity contribution in [2.75, 3.05) is 0 Å². The van der Waals surface area contributed by atoms with E-state index < -0.39 is 5.91 Å². The van der Waals surface area contributed by atoms with Crippen LogP contribution >= 0.6 is 27.5 Å². The Morgan fingerprint density at radius 2 is 1.83 bits per heavy atom. The summed E-state index contributed by atoms with van der Waals surface area (Å²) in [5.74, 6) is -0.450. The number of nitrogens with zero attached hydrogens (tertiary/aromatic N) is 3. The second kappa shape index (κ2) is 9.45. The smallest absolute Gasteiger partial charge is 0.272 e. The third-order valence-corrected chi connectivity index (χ3v) is 4.65. The Hall–Kier alpha value is -3.03. The molecule has 2 N–H and O–H groups in total. The van der Waals surface area contributed by atoms with Crippen molar-refractivity contribution < 1.29 is 9.90 Å². The van der Waals surface area contributed by atoms with Gasteiger partial charge in [0.1, 0.15) is 5.75 Å². The number of phenols is 1. The van der Waals surface area contributed by atoms with Gasteiger partial charge in [-0.15, -0.1) is 0 Å². The number of carbonyl (C=O) groups is 1. The van der Waals surface area contributed by atoms with Crippen LogP contribution in [0.3, 0.4) is 0 Å². The first kappa shape index (κ1) is 20.7. The van der Waals surface area contributed by atoms with Crippen LogP contribution in [-0.4, -0.2) is 17.2 Å². The monoisotopic (exact) mass is 470 g/mol. The van der Waals surface area contributed by atoms with Crippen LogP contribution in [0.5, 0.6) is 5.75 Å².